The zero-order chi connectivity index (χ0) is 19.6. The molecule has 1 amide bonds. The zero-order valence-corrected chi connectivity index (χ0v) is 14.5. The predicted octanol–water partition coefficient (Wildman–Crippen LogP) is 3.88. The molecule has 1 aliphatic heterocycles. The molecule has 0 bridgehead atoms. The van der Waals surface area contributed by atoms with Crippen LogP contribution in [0.3, 0.4) is 0 Å². The first-order valence-electron chi connectivity index (χ1n) is 8.78. The third-order valence-corrected chi connectivity index (χ3v) is 4.99. The SMILES string of the molecule is O=C(O)N(Cc1ccc(C2CC(C(F)(F)F)NN2)cc1F)C1C=CCCC1. The Morgan fingerprint density at radius 3 is 2.63 bits per heavy atom. The third kappa shape index (κ3) is 4.59. The Kier molecular flexibility index (Phi) is 5.71. The second-order valence-corrected chi connectivity index (χ2v) is 6.86. The molecule has 0 saturated carbocycles. The average Bonchev–Trinajstić information content (AvgIpc) is 3.11. The largest absolute Gasteiger partial charge is 0.465 e. The van der Waals surface area contributed by atoms with Gasteiger partial charge in [0, 0.05) is 11.6 Å². The van der Waals surface area contributed by atoms with Crippen molar-refractivity contribution in [3.63, 3.8) is 0 Å². The number of nitrogens with one attached hydrogen (secondary N) is 2. The Labute approximate surface area is 154 Å². The molecule has 1 saturated heterocycles. The Balaban J connectivity index is 1.72. The number of benzene rings is 1. The monoisotopic (exact) mass is 387 g/mol. The van der Waals surface area contributed by atoms with E-state index in [-0.39, 0.29) is 24.6 Å². The van der Waals surface area contributed by atoms with E-state index in [1.165, 1.54) is 23.1 Å². The summed E-state index contributed by atoms with van der Waals surface area (Å²) in [5.41, 5.74) is 5.29. The summed E-state index contributed by atoms with van der Waals surface area (Å²) in [5, 5.41) is 9.46. The molecule has 1 aromatic rings. The number of alkyl halides is 3. The van der Waals surface area contributed by atoms with Gasteiger partial charge >= 0.3 is 12.3 Å². The topological polar surface area (TPSA) is 64.6 Å². The highest BCUT2D eigenvalue weighted by Gasteiger charge is 2.44. The van der Waals surface area contributed by atoms with Crippen molar-refractivity contribution in [2.75, 3.05) is 0 Å². The van der Waals surface area contributed by atoms with E-state index in [0.29, 0.717) is 12.0 Å². The molecule has 2 aliphatic rings. The Morgan fingerprint density at radius 1 is 1.30 bits per heavy atom. The summed E-state index contributed by atoms with van der Waals surface area (Å²) in [7, 11) is 0. The summed E-state index contributed by atoms with van der Waals surface area (Å²) in [4.78, 5) is 12.7. The van der Waals surface area contributed by atoms with Gasteiger partial charge in [0.05, 0.1) is 12.6 Å². The van der Waals surface area contributed by atoms with Crippen molar-refractivity contribution < 1.29 is 27.5 Å². The molecule has 1 aromatic carbocycles. The normalized spacial score (nSPS) is 25.6. The molecule has 3 rings (SSSR count). The van der Waals surface area contributed by atoms with E-state index < -0.39 is 30.2 Å². The van der Waals surface area contributed by atoms with Crippen LogP contribution in [0.25, 0.3) is 0 Å². The van der Waals surface area contributed by atoms with Crippen molar-refractivity contribution in [1.29, 1.82) is 0 Å². The Hall–Kier alpha value is -2.13. The van der Waals surface area contributed by atoms with Crippen LogP contribution in [-0.4, -0.2) is 34.4 Å². The van der Waals surface area contributed by atoms with Gasteiger partial charge in [0.1, 0.15) is 11.9 Å². The van der Waals surface area contributed by atoms with Gasteiger partial charge in [-0.25, -0.2) is 20.0 Å². The first-order valence-corrected chi connectivity index (χ1v) is 8.78. The maximum Gasteiger partial charge on any atom is 0.408 e. The van der Waals surface area contributed by atoms with Crippen LogP contribution in [-0.2, 0) is 6.54 Å². The first kappa shape index (κ1) is 19.6. The van der Waals surface area contributed by atoms with Crippen LogP contribution in [0.2, 0.25) is 0 Å². The van der Waals surface area contributed by atoms with Gasteiger partial charge in [0.25, 0.3) is 0 Å². The van der Waals surface area contributed by atoms with Gasteiger partial charge in [-0.1, -0.05) is 24.3 Å². The first-order chi connectivity index (χ1) is 12.8. The number of carbonyl (C=O) groups is 1. The number of carboxylic acid groups (broad SMARTS) is 1. The van der Waals surface area contributed by atoms with E-state index in [2.05, 4.69) is 10.9 Å². The van der Waals surface area contributed by atoms with Gasteiger partial charge in [-0.2, -0.15) is 13.2 Å². The molecular weight excluding hydrogens is 366 g/mol. The van der Waals surface area contributed by atoms with Crippen molar-refractivity contribution >= 4 is 6.09 Å². The average molecular weight is 387 g/mol. The smallest absolute Gasteiger partial charge is 0.408 e. The number of rotatable bonds is 4. The number of halogens is 4. The number of amides is 1. The number of allylic oxidation sites excluding steroid dienone is 1. The van der Waals surface area contributed by atoms with E-state index in [1.54, 1.807) is 0 Å². The minimum atomic E-state index is -4.38. The third-order valence-electron chi connectivity index (χ3n) is 4.99. The number of hydrazine groups is 1. The molecule has 5 nitrogen and oxygen atoms in total. The van der Waals surface area contributed by atoms with Crippen LogP contribution in [0.1, 0.15) is 42.9 Å². The number of hydrogen-bond donors (Lipinski definition) is 3. The lowest BCUT2D eigenvalue weighted by molar-refractivity contribution is -0.153. The molecule has 3 N–H and O–H groups in total. The van der Waals surface area contributed by atoms with E-state index in [4.69, 9.17) is 0 Å². The van der Waals surface area contributed by atoms with Crippen LogP contribution in [0.15, 0.2) is 30.4 Å². The van der Waals surface area contributed by atoms with Crippen LogP contribution in [0.4, 0.5) is 22.4 Å². The lowest BCUT2D eigenvalue weighted by Crippen LogP contribution is -2.41. The Bertz CT molecular complexity index is 723. The quantitative estimate of drug-likeness (QED) is 0.542. The fraction of sp³-hybridized carbons (Fsp3) is 0.500. The fourth-order valence-electron chi connectivity index (χ4n) is 3.46. The van der Waals surface area contributed by atoms with Crippen LogP contribution in [0, 0.1) is 5.82 Å². The lowest BCUT2D eigenvalue weighted by Gasteiger charge is -2.29. The molecule has 0 aromatic heterocycles. The molecule has 27 heavy (non-hydrogen) atoms. The molecule has 3 unspecified atom stereocenters. The summed E-state index contributed by atoms with van der Waals surface area (Å²) in [6, 6.07) is 1.49. The highest BCUT2D eigenvalue weighted by molar-refractivity contribution is 5.66. The van der Waals surface area contributed by atoms with Gasteiger partial charge in [0.15, 0.2) is 0 Å². The van der Waals surface area contributed by atoms with E-state index in [1.807, 2.05) is 12.2 Å². The fourth-order valence-corrected chi connectivity index (χ4v) is 3.46. The van der Waals surface area contributed by atoms with Crippen LogP contribution < -0.4 is 10.9 Å². The van der Waals surface area contributed by atoms with Gasteiger partial charge in [-0.05, 0) is 37.3 Å². The van der Waals surface area contributed by atoms with Crippen molar-refractivity contribution in [3.8, 4) is 0 Å². The van der Waals surface area contributed by atoms with E-state index >= 15 is 0 Å². The maximum absolute atomic E-state index is 14.5. The summed E-state index contributed by atoms with van der Waals surface area (Å²) in [6.45, 7) is -0.113. The molecule has 3 atom stereocenters. The van der Waals surface area contributed by atoms with Crippen molar-refractivity contribution in [1.82, 2.24) is 15.8 Å². The highest BCUT2D eigenvalue weighted by Crippen LogP contribution is 2.32. The lowest BCUT2D eigenvalue weighted by atomic mass is 9.99. The van der Waals surface area contributed by atoms with Crippen LogP contribution >= 0.6 is 0 Å². The molecule has 1 aliphatic carbocycles. The minimum absolute atomic E-state index is 0.113. The standard InChI is InChI=1S/C18H21F4N3O2/c19-14-8-11(15-9-16(24-23-15)18(20,21)22)6-7-12(14)10-25(17(26)27)13-4-2-1-3-5-13/h2,4,6-8,13,15-16,23-24H,1,3,5,9-10H2,(H,26,27). The van der Waals surface area contributed by atoms with Crippen molar-refractivity contribution in [2.24, 2.45) is 0 Å². The second-order valence-electron chi connectivity index (χ2n) is 6.86. The van der Waals surface area contributed by atoms with Crippen molar-refractivity contribution in [2.45, 2.75) is 56.5 Å². The molecule has 1 heterocycles. The minimum Gasteiger partial charge on any atom is -0.465 e. The summed E-state index contributed by atoms with van der Waals surface area (Å²) < 4.78 is 52.8. The molecule has 1 fully saturated rings. The van der Waals surface area contributed by atoms with Crippen molar-refractivity contribution in [3.05, 3.63) is 47.3 Å². The molecule has 9 heteroatoms. The zero-order valence-electron chi connectivity index (χ0n) is 14.5. The molecule has 0 spiro atoms. The van der Waals surface area contributed by atoms with Gasteiger partial charge in [-0.15, -0.1) is 0 Å². The maximum atomic E-state index is 14.5. The highest BCUT2D eigenvalue weighted by atomic mass is 19.4. The van der Waals surface area contributed by atoms with Gasteiger partial charge in [0.2, 0.25) is 0 Å². The van der Waals surface area contributed by atoms with E-state index in [0.717, 1.165) is 12.8 Å². The summed E-state index contributed by atoms with van der Waals surface area (Å²) in [5.74, 6) is -0.629. The van der Waals surface area contributed by atoms with Crippen LogP contribution in [0.5, 0.6) is 0 Å². The molecule has 148 valence electrons. The summed E-state index contributed by atoms with van der Waals surface area (Å²) in [6.07, 6.45) is 0.422. The number of hydrogen-bond acceptors (Lipinski definition) is 3. The van der Waals surface area contributed by atoms with E-state index in [9.17, 15) is 27.5 Å². The summed E-state index contributed by atoms with van der Waals surface area (Å²) >= 11 is 0. The number of nitrogens with zero attached hydrogens (tertiary/aromatic N) is 1. The second kappa shape index (κ2) is 7.85. The molecule has 0 radical (unpaired) electrons. The predicted molar refractivity (Wildman–Crippen MR) is 90.2 cm³/mol. The van der Waals surface area contributed by atoms with Gasteiger partial charge < -0.3 is 5.11 Å². The Morgan fingerprint density at radius 2 is 2.07 bits per heavy atom. The van der Waals surface area contributed by atoms with Gasteiger partial charge in [-0.3, -0.25) is 4.90 Å². The molecular formula is C18H21F4N3O2.